The molecule has 1 heterocycles. The second-order valence-electron chi connectivity index (χ2n) is 5.41. The summed E-state index contributed by atoms with van der Waals surface area (Å²) >= 11 is 0. The van der Waals surface area contributed by atoms with Crippen molar-refractivity contribution in [1.82, 2.24) is 15.6 Å². The Labute approximate surface area is 149 Å². The number of nitrogens with one attached hydrogen (secondary N) is 2. The van der Waals surface area contributed by atoms with Crippen molar-refractivity contribution in [3.63, 3.8) is 0 Å². The zero-order valence-electron chi connectivity index (χ0n) is 13.9. The Balaban J connectivity index is 1.69. The van der Waals surface area contributed by atoms with Crippen molar-refractivity contribution in [2.24, 2.45) is 15.3 Å². The Hall–Kier alpha value is -3.81. The van der Waals surface area contributed by atoms with Crippen LogP contribution in [-0.4, -0.2) is 27.4 Å². The van der Waals surface area contributed by atoms with Gasteiger partial charge in [-0.3, -0.25) is 9.89 Å². The Morgan fingerprint density at radius 3 is 2.62 bits per heavy atom. The number of carbonyl (C=O) groups excluding carboxylic acids is 1. The van der Waals surface area contributed by atoms with Gasteiger partial charge in [0.1, 0.15) is 5.75 Å². The molecule has 0 radical (unpaired) electrons. The highest BCUT2D eigenvalue weighted by atomic mass is 16.3. The molecule has 3 rings (SSSR count). The molecule has 0 saturated carbocycles. The maximum absolute atomic E-state index is 11.9. The van der Waals surface area contributed by atoms with E-state index >= 15 is 0 Å². The minimum Gasteiger partial charge on any atom is -0.507 e. The second-order valence-corrected chi connectivity index (χ2v) is 5.41. The fourth-order valence-electron chi connectivity index (χ4n) is 2.07. The summed E-state index contributed by atoms with van der Waals surface area (Å²) < 4.78 is 0. The van der Waals surface area contributed by atoms with Gasteiger partial charge in [-0.1, -0.05) is 18.2 Å². The maximum Gasteiger partial charge on any atom is 0.291 e. The minimum atomic E-state index is -0.454. The van der Waals surface area contributed by atoms with E-state index in [0.717, 1.165) is 11.4 Å². The molecule has 2 aromatic carbocycles. The zero-order valence-corrected chi connectivity index (χ0v) is 13.9. The lowest BCUT2D eigenvalue weighted by atomic mass is 10.2. The largest absolute Gasteiger partial charge is 0.507 e. The van der Waals surface area contributed by atoms with Gasteiger partial charge in [-0.25, -0.2) is 5.43 Å². The Bertz CT molecular complexity index is 963. The van der Waals surface area contributed by atoms with Crippen LogP contribution in [0.3, 0.4) is 0 Å². The highest BCUT2D eigenvalue weighted by Gasteiger charge is 2.07. The summed E-state index contributed by atoms with van der Waals surface area (Å²) in [5.41, 5.74) is 5.01. The first-order chi connectivity index (χ1) is 12.6. The number of hydrogen-bond acceptors (Lipinski definition) is 6. The van der Waals surface area contributed by atoms with Crippen LogP contribution in [0.15, 0.2) is 69.9 Å². The number of aromatic hydroxyl groups is 1. The van der Waals surface area contributed by atoms with Crippen LogP contribution < -0.4 is 5.43 Å². The lowest BCUT2D eigenvalue weighted by Crippen LogP contribution is -2.18. The van der Waals surface area contributed by atoms with E-state index in [9.17, 15) is 9.90 Å². The predicted molar refractivity (Wildman–Crippen MR) is 97.1 cm³/mol. The van der Waals surface area contributed by atoms with E-state index in [1.165, 1.54) is 12.3 Å². The van der Waals surface area contributed by atoms with E-state index in [4.69, 9.17) is 0 Å². The maximum atomic E-state index is 11.9. The standard InChI is InChI=1S/C18H16N6O2/c1-12-9-16(23-20-12)18(26)24-19-11-13-10-15(7-8-17(13)25)22-21-14-5-3-2-4-6-14/h2-11,25H,1H3,(H,20,23)(H,24,26)/b19-11-,22-21?. The first-order valence-corrected chi connectivity index (χ1v) is 7.77. The third kappa shape index (κ3) is 4.38. The van der Waals surface area contributed by atoms with Crippen molar-refractivity contribution in [1.29, 1.82) is 0 Å². The van der Waals surface area contributed by atoms with Crippen LogP contribution in [0.2, 0.25) is 0 Å². The SMILES string of the molecule is Cc1cc(C(=O)N/N=C\c2cc(N=Nc3ccccc3)ccc2O)n[nH]1. The Kier molecular flexibility index (Phi) is 5.14. The van der Waals surface area contributed by atoms with Gasteiger partial charge in [-0.15, -0.1) is 0 Å². The zero-order chi connectivity index (χ0) is 18.4. The summed E-state index contributed by atoms with van der Waals surface area (Å²) in [6.07, 6.45) is 1.33. The van der Waals surface area contributed by atoms with E-state index < -0.39 is 5.91 Å². The van der Waals surface area contributed by atoms with Gasteiger partial charge in [-0.2, -0.15) is 20.4 Å². The van der Waals surface area contributed by atoms with Gasteiger partial charge in [-0.05, 0) is 43.3 Å². The Morgan fingerprint density at radius 2 is 1.88 bits per heavy atom. The van der Waals surface area contributed by atoms with Gasteiger partial charge in [0, 0.05) is 11.3 Å². The van der Waals surface area contributed by atoms with E-state index in [1.54, 1.807) is 25.1 Å². The summed E-state index contributed by atoms with van der Waals surface area (Å²) in [7, 11) is 0. The van der Waals surface area contributed by atoms with Crippen LogP contribution in [0.5, 0.6) is 5.75 Å². The van der Waals surface area contributed by atoms with E-state index in [2.05, 4.69) is 31.0 Å². The number of phenolic OH excluding ortho intramolecular Hbond substituents is 1. The third-order valence-corrected chi connectivity index (χ3v) is 3.36. The summed E-state index contributed by atoms with van der Waals surface area (Å²) in [6.45, 7) is 1.79. The molecular weight excluding hydrogens is 332 g/mol. The molecular formula is C18H16N6O2. The lowest BCUT2D eigenvalue weighted by Gasteiger charge is -2.00. The number of carbonyl (C=O) groups is 1. The van der Waals surface area contributed by atoms with Gasteiger partial charge < -0.3 is 5.11 Å². The third-order valence-electron chi connectivity index (χ3n) is 3.36. The van der Waals surface area contributed by atoms with Crippen LogP contribution >= 0.6 is 0 Å². The van der Waals surface area contributed by atoms with Crippen molar-refractivity contribution in [3.05, 3.63) is 71.5 Å². The number of hydrogen-bond donors (Lipinski definition) is 3. The van der Waals surface area contributed by atoms with Crippen molar-refractivity contribution < 1.29 is 9.90 Å². The first-order valence-electron chi connectivity index (χ1n) is 7.77. The molecule has 0 aliphatic heterocycles. The molecule has 0 saturated heterocycles. The number of amides is 1. The molecule has 0 atom stereocenters. The van der Waals surface area contributed by atoms with E-state index in [0.29, 0.717) is 11.3 Å². The quantitative estimate of drug-likeness (QED) is 0.371. The number of aryl methyl sites for hydroxylation is 1. The van der Waals surface area contributed by atoms with Crippen molar-refractivity contribution >= 4 is 23.5 Å². The van der Waals surface area contributed by atoms with Crippen molar-refractivity contribution in [2.45, 2.75) is 6.92 Å². The number of aromatic nitrogens is 2. The number of rotatable bonds is 5. The molecule has 8 nitrogen and oxygen atoms in total. The first kappa shape index (κ1) is 17.0. The Morgan fingerprint density at radius 1 is 1.12 bits per heavy atom. The van der Waals surface area contributed by atoms with Crippen LogP contribution in [0.25, 0.3) is 0 Å². The topological polar surface area (TPSA) is 115 Å². The van der Waals surface area contributed by atoms with Crippen molar-refractivity contribution in [2.75, 3.05) is 0 Å². The van der Waals surface area contributed by atoms with Crippen LogP contribution in [0, 0.1) is 6.92 Å². The number of H-pyrrole nitrogens is 1. The monoisotopic (exact) mass is 348 g/mol. The number of hydrazone groups is 1. The fraction of sp³-hybridized carbons (Fsp3) is 0.0556. The van der Waals surface area contributed by atoms with Gasteiger partial charge in [0.05, 0.1) is 17.6 Å². The normalized spacial score (nSPS) is 11.3. The van der Waals surface area contributed by atoms with Gasteiger partial charge >= 0.3 is 0 Å². The molecule has 130 valence electrons. The summed E-state index contributed by atoms with van der Waals surface area (Å²) in [5.74, 6) is -0.442. The molecule has 1 amide bonds. The summed E-state index contributed by atoms with van der Waals surface area (Å²) in [4.78, 5) is 11.9. The molecule has 0 fully saturated rings. The number of azo groups is 1. The summed E-state index contributed by atoms with van der Waals surface area (Å²) in [5, 5.41) is 28.5. The van der Waals surface area contributed by atoms with Gasteiger partial charge in [0.2, 0.25) is 0 Å². The molecule has 1 aromatic heterocycles. The second kappa shape index (κ2) is 7.84. The molecule has 3 N–H and O–H groups in total. The molecule has 3 aromatic rings. The molecule has 0 unspecified atom stereocenters. The number of phenols is 1. The van der Waals surface area contributed by atoms with Gasteiger partial charge in [0.15, 0.2) is 5.69 Å². The van der Waals surface area contributed by atoms with Crippen molar-refractivity contribution in [3.8, 4) is 5.75 Å². The van der Waals surface area contributed by atoms with Crippen LogP contribution in [0.1, 0.15) is 21.7 Å². The van der Waals surface area contributed by atoms with Crippen LogP contribution in [0.4, 0.5) is 11.4 Å². The highest BCUT2D eigenvalue weighted by molar-refractivity contribution is 5.93. The molecule has 0 aliphatic rings. The van der Waals surface area contributed by atoms with E-state index in [-0.39, 0.29) is 11.4 Å². The smallest absolute Gasteiger partial charge is 0.291 e. The predicted octanol–water partition coefficient (Wildman–Crippen LogP) is 3.60. The lowest BCUT2D eigenvalue weighted by molar-refractivity contribution is 0.0950. The number of benzene rings is 2. The average molecular weight is 348 g/mol. The minimum absolute atomic E-state index is 0.0114. The molecule has 0 bridgehead atoms. The molecule has 26 heavy (non-hydrogen) atoms. The van der Waals surface area contributed by atoms with E-state index in [1.807, 2.05) is 30.3 Å². The van der Waals surface area contributed by atoms with Gasteiger partial charge in [0.25, 0.3) is 5.91 Å². The molecule has 0 aliphatic carbocycles. The highest BCUT2D eigenvalue weighted by Crippen LogP contribution is 2.23. The van der Waals surface area contributed by atoms with Crippen LogP contribution in [-0.2, 0) is 0 Å². The summed E-state index contributed by atoms with van der Waals surface area (Å²) in [6, 6.07) is 15.6. The molecule has 0 spiro atoms. The number of aromatic amines is 1. The number of nitrogens with zero attached hydrogens (tertiary/aromatic N) is 4. The average Bonchev–Trinajstić information content (AvgIpc) is 3.09. The molecule has 8 heteroatoms. The fourth-order valence-corrected chi connectivity index (χ4v) is 2.07.